The van der Waals surface area contributed by atoms with Gasteiger partial charge in [0, 0.05) is 12.1 Å². The van der Waals surface area contributed by atoms with Gasteiger partial charge in [0.25, 0.3) is 0 Å². The van der Waals surface area contributed by atoms with Crippen molar-refractivity contribution >= 4 is 12.3 Å². The third-order valence-electron chi connectivity index (χ3n) is 4.22. The van der Waals surface area contributed by atoms with Crippen molar-refractivity contribution in [1.82, 2.24) is 10.2 Å². The maximum absolute atomic E-state index is 12.4. The minimum Gasteiger partial charge on any atom is -0.348 e. The van der Waals surface area contributed by atoms with Gasteiger partial charge in [0.05, 0.1) is 0 Å². The molecule has 0 unspecified atom stereocenters. The first kappa shape index (κ1) is 14.6. The fraction of sp³-hybridized carbons (Fsp3) is 0.500. The summed E-state index contributed by atoms with van der Waals surface area (Å²) in [5, 5.41) is 3.11. The van der Waals surface area contributed by atoms with Gasteiger partial charge in [-0.25, -0.2) is 0 Å². The number of rotatable bonds is 5. The molecule has 20 heavy (non-hydrogen) atoms. The molecule has 1 heterocycles. The minimum atomic E-state index is -0.315. The Hall–Kier alpha value is -1.84. The predicted molar refractivity (Wildman–Crippen MR) is 79.0 cm³/mol. The lowest BCUT2D eigenvalue weighted by molar-refractivity contribution is -0.132. The summed E-state index contributed by atoms with van der Waals surface area (Å²) in [7, 11) is 0. The van der Waals surface area contributed by atoms with Gasteiger partial charge >= 0.3 is 0 Å². The van der Waals surface area contributed by atoms with E-state index >= 15 is 0 Å². The lowest BCUT2D eigenvalue weighted by Crippen LogP contribution is -2.51. The van der Waals surface area contributed by atoms with Crippen LogP contribution in [-0.2, 0) is 9.59 Å². The Bertz CT molecular complexity index is 459. The van der Waals surface area contributed by atoms with Crippen molar-refractivity contribution in [2.45, 2.75) is 44.2 Å². The van der Waals surface area contributed by atoms with Crippen LogP contribution in [0, 0.1) is 0 Å². The molecule has 0 aromatic heterocycles. The molecule has 4 heteroatoms. The van der Waals surface area contributed by atoms with Gasteiger partial charge in [-0.2, -0.15) is 0 Å². The molecular weight excluding hydrogens is 252 g/mol. The molecule has 0 spiro atoms. The third-order valence-corrected chi connectivity index (χ3v) is 4.22. The summed E-state index contributed by atoms with van der Waals surface area (Å²) in [5.74, 6) is -0.0502. The maximum Gasteiger partial charge on any atom is 0.243 e. The second-order valence-corrected chi connectivity index (χ2v) is 5.86. The number of likely N-dealkylation sites (tertiary alicyclic amines) is 1. The third kappa shape index (κ3) is 2.69. The molecule has 0 aromatic carbocycles. The SMILES string of the molecule is C=CC1=C(C=C)CC(C)(NC(=O)[C@@H]2CCCN2C=O)C1. The van der Waals surface area contributed by atoms with E-state index in [1.807, 2.05) is 19.1 Å². The van der Waals surface area contributed by atoms with Crippen molar-refractivity contribution in [2.75, 3.05) is 6.54 Å². The Balaban J connectivity index is 2.04. The molecule has 0 bridgehead atoms. The van der Waals surface area contributed by atoms with E-state index in [-0.39, 0.29) is 17.5 Å². The molecule has 4 nitrogen and oxygen atoms in total. The number of hydrogen-bond acceptors (Lipinski definition) is 2. The highest BCUT2D eigenvalue weighted by atomic mass is 16.2. The van der Waals surface area contributed by atoms with E-state index in [4.69, 9.17) is 0 Å². The lowest BCUT2D eigenvalue weighted by atomic mass is 9.96. The molecule has 1 aliphatic carbocycles. The van der Waals surface area contributed by atoms with E-state index in [1.54, 1.807) is 4.90 Å². The first-order chi connectivity index (χ1) is 9.53. The smallest absolute Gasteiger partial charge is 0.243 e. The van der Waals surface area contributed by atoms with Crippen molar-refractivity contribution < 1.29 is 9.59 Å². The Kier molecular flexibility index (Phi) is 4.12. The van der Waals surface area contributed by atoms with E-state index < -0.39 is 0 Å². The van der Waals surface area contributed by atoms with Crippen LogP contribution in [0.3, 0.4) is 0 Å². The van der Waals surface area contributed by atoms with Crippen molar-refractivity contribution in [1.29, 1.82) is 0 Å². The summed E-state index contributed by atoms with van der Waals surface area (Å²) in [6.45, 7) is 10.3. The van der Waals surface area contributed by atoms with Crippen LogP contribution in [0.1, 0.15) is 32.6 Å². The first-order valence-corrected chi connectivity index (χ1v) is 7.03. The van der Waals surface area contributed by atoms with E-state index in [0.717, 1.165) is 43.2 Å². The number of carbonyl (C=O) groups is 2. The molecule has 2 aliphatic rings. The largest absolute Gasteiger partial charge is 0.348 e. The zero-order chi connectivity index (χ0) is 14.8. The van der Waals surface area contributed by atoms with Gasteiger partial charge in [0.2, 0.25) is 12.3 Å². The summed E-state index contributed by atoms with van der Waals surface area (Å²) in [6, 6.07) is -0.315. The summed E-state index contributed by atoms with van der Waals surface area (Å²) >= 11 is 0. The van der Waals surface area contributed by atoms with Crippen LogP contribution < -0.4 is 5.32 Å². The Labute approximate surface area is 120 Å². The van der Waals surface area contributed by atoms with Gasteiger partial charge in [0.15, 0.2) is 0 Å². The number of carbonyl (C=O) groups excluding carboxylic acids is 2. The van der Waals surface area contributed by atoms with Crippen molar-refractivity contribution in [3.63, 3.8) is 0 Å². The molecule has 0 radical (unpaired) electrons. The topological polar surface area (TPSA) is 49.4 Å². The molecule has 1 atom stereocenters. The van der Waals surface area contributed by atoms with Crippen LogP contribution in [0.4, 0.5) is 0 Å². The van der Waals surface area contributed by atoms with E-state index in [1.165, 1.54) is 0 Å². The highest BCUT2D eigenvalue weighted by Gasteiger charge is 2.38. The summed E-state index contributed by atoms with van der Waals surface area (Å²) < 4.78 is 0. The fourth-order valence-electron chi connectivity index (χ4n) is 3.20. The van der Waals surface area contributed by atoms with Crippen LogP contribution in [-0.4, -0.2) is 35.3 Å². The van der Waals surface area contributed by atoms with E-state index in [2.05, 4.69) is 18.5 Å². The number of nitrogens with zero attached hydrogens (tertiary/aromatic N) is 1. The Morgan fingerprint density at radius 3 is 2.45 bits per heavy atom. The number of nitrogens with one attached hydrogen (secondary N) is 1. The Morgan fingerprint density at radius 2 is 1.95 bits per heavy atom. The van der Waals surface area contributed by atoms with Gasteiger partial charge in [0.1, 0.15) is 6.04 Å². The normalized spacial score (nSPS) is 24.6. The molecule has 108 valence electrons. The molecule has 2 amide bonds. The number of hydrogen-bond donors (Lipinski definition) is 1. The van der Waals surface area contributed by atoms with Crippen LogP contribution in [0.25, 0.3) is 0 Å². The summed E-state index contributed by atoms with van der Waals surface area (Å²) in [5.41, 5.74) is 1.98. The van der Waals surface area contributed by atoms with Gasteiger partial charge in [-0.3, -0.25) is 9.59 Å². The monoisotopic (exact) mass is 274 g/mol. The van der Waals surface area contributed by atoms with Crippen LogP contribution >= 0.6 is 0 Å². The number of allylic oxidation sites excluding steroid dienone is 2. The van der Waals surface area contributed by atoms with Gasteiger partial charge in [-0.15, -0.1) is 0 Å². The van der Waals surface area contributed by atoms with Crippen molar-refractivity contribution in [3.8, 4) is 0 Å². The standard InChI is InChI=1S/C16H22N2O2/c1-4-12-9-16(3,10-13(12)5-2)17-15(20)14-7-6-8-18(14)11-19/h4-5,11,14H,1-2,6-10H2,3H3,(H,17,20)/t14-/m0/s1. The average molecular weight is 274 g/mol. The van der Waals surface area contributed by atoms with E-state index in [9.17, 15) is 9.59 Å². The molecule has 1 fully saturated rings. The lowest BCUT2D eigenvalue weighted by Gasteiger charge is -2.29. The molecule has 0 saturated carbocycles. The number of amides is 2. The summed E-state index contributed by atoms with van der Waals surface area (Å²) in [6.07, 6.45) is 7.60. The van der Waals surface area contributed by atoms with Crippen LogP contribution in [0.5, 0.6) is 0 Å². The molecule has 1 N–H and O–H groups in total. The fourth-order valence-corrected chi connectivity index (χ4v) is 3.20. The van der Waals surface area contributed by atoms with Gasteiger partial charge in [-0.05, 0) is 43.8 Å². The maximum atomic E-state index is 12.4. The second kappa shape index (κ2) is 5.65. The molecule has 2 rings (SSSR count). The molecule has 1 saturated heterocycles. The second-order valence-electron chi connectivity index (χ2n) is 5.86. The zero-order valence-corrected chi connectivity index (χ0v) is 12.0. The zero-order valence-electron chi connectivity index (χ0n) is 12.0. The molecule has 0 aromatic rings. The van der Waals surface area contributed by atoms with Crippen molar-refractivity contribution in [2.24, 2.45) is 0 Å². The average Bonchev–Trinajstić information content (AvgIpc) is 3.02. The molecule has 1 aliphatic heterocycles. The van der Waals surface area contributed by atoms with Crippen LogP contribution in [0.15, 0.2) is 36.5 Å². The summed E-state index contributed by atoms with van der Waals surface area (Å²) in [4.78, 5) is 24.9. The van der Waals surface area contributed by atoms with E-state index in [0.29, 0.717) is 6.54 Å². The molecular formula is C16H22N2O2. The minimum absolute atomic E-state index is 0.0502. The Morgan fingerprint density at radius 1 is 1.35 bits per heavy atom. The van der Waals surface area contributed by atoms with Gasteiger partial charge < -0.3 is 10.2 Å². The predicted octanol–water partition coefficient (Wildman–Crippen LogP) is 1.94. The highest BCUT2D eigenvalue weighted by Crippen LogP contribution is 2.36. The first-order valence-electron chi connectivity index (χ1n) is 7.03. The van der Waals surface area contributed by atoms with Gasteiger partial charge in [-0.1, -0.05) is 25.3 Å². The van der Waals surface area contributed by atoms with Crippen molar-refractivity contribution in [3.05, 3.63) is 36.5 Å². The van der Waals surface area contributed by atoms with Crippen LogP contribution in [0.2, 0.25) is 0 Å². The quantitative estimate of drug-likeness (QED) is 0.779. The highest BCUT2D eigenvalue weighted by molar-refractivity contribution is 5.85.